The average Bonchev–Trinajstić information content (AvgIpc) is 3.01. The fourth-order valence-corrected chi connectivity index (χ4v) is 2.71. The number of thiophene rings is 1. The minimum atomic E-state index is 0.266. The van der Waals surface area contributed by atoms with Crippen molar-refractivity contribution < 1.29 is 5.21 Å². The van der Waals surface area contributed by atoms with E-state index in [0.717, 1.165) is 25.2 Å². The molecule has 2 rings (SSSR count). The summed E-state index contributed by atoms with van der Waals surface area (Å²) < 4.78 is 0. The van der Waals surface area contributed by atoms with Gasteiger partial charge in [-0.25, -0.2) is 0 Å². The predicted octanol–water partition coefficient (Wildman–Crippen LogP) is 2.93. The summed E-state index contributed by atoms with van der Waals surface area (Å²) >= 11 is 1.77. The number of rotatable bonds is 7. The van der Waals surface area contributed by atoms with Gasteiger partial charge >= 0.3 is 0 Å². The lowest BCUT2D eigenvalue weighted by molar-refractivity contribution is 0.317. The maximum Gasteiger partial charge on any atom is 0.140 e. The number of nitrogens with two attached hydrogens (primary N) is 1. The zero-order valence-electron chi connectivity index (χ0n) is 11.3. The molecule has 4 nitrogen and oxygen atoms in total. The molecule has 0 atom stereocenters. The van der Waals surface area contributed by atoms with Gasteiger partial charge in [0.15, 0.2) is 0 Å². The van der Waals surface area contributed by atoms with Crippen molar-refractivity contribution in [3.63, 3.8) is 0 Å². The van der Waals surface area contributed by atoms with Gasteiger partial charge in [0.1, 0.15) is 5.84 Å². The highest BCUT2D eigenvalue weighted by molar-refractivity contribution is 7.09. The van der Waals surface area contributed by atoms with E-state index in [1.165, 1.54) is 4.88 Å². The van der Waals surface area contributed by atoms with Gasteiger partial charge in [-0.15, -0.1) is 11.3 Å². The summed E-state index contributed by atoms with van der Waals surface area (Å²) in [6.45, 7) is 1.66. The lowest BCUT2D eigenvalue weighted by Crippen LogP contribution is -2.30. The van der Waals surface area contributed by atoms with Crippen LogP contribution in [0.4, 0.5) is 5.69 Å². The van der Waals surface area contributed by atoms with E-state index in [9.17, 15) is 0 Å². The van der Waals surface area contributed by atoms with E-state index in [0.29, 0.717) is 6.42 Å². The van der Waals surface area contributed by atoms with E-state index in [1.54, 1.807) is 11.3 Å². The van der Waals surface area contributed by atoms with Gasteiger partial charge in [0.25, 0.3) is 0 Å². The standard InChI is InChI=1S/C15H19N3OS/c16-15(17-19)9-11-18(13-5-2-1-3-6-13)10-8-14-7-4-12-20-14/h1-7,12,19H,8-11H2,(H2,16,17). The van der Waals surface area contributed by atoms with E-state index >= 15 is 0 Å². The molecule has 0 amide bonds. The third-order valence-electron chi connectivity index (χ3n) is 3.10. The van der Waals surface area contributed by atoms with Gasteiger partial charge in [-0.05, 0) is 30.0 Å². The van der Waals surface area contributed by atoms with Crippen LogP contribution in [-0.4, -0.2) is 24.1 Å². The van der Waals surface area contributed by atoms with Crippen molar-refractivity contribution in [1.29, 1.82) is 0 Å². The van der Waals surface area contributed by atoms with Crippen LogP contribution >= 0.6 is 11.3 Å². The smallest absolute Gasteiger partial charge is 0.140 e. The first-order valence-corrected chi connectivity index (χ1v) is 7.46. The molecule has 0 aliphatic carbocycles. The summed E-state index contributed by atoms with van der Waals surface area (Å²) in [6.07, 6.45) is 1.55. The molecule has 0 saturated carbocycles. The second-order valence-corrected chi connectivity index (χ2v) is 5.53. The van der Waals surface area contributed by atoms with Crippen molar-refractivity contribution in [1.82, 2.24) is 0 Å². The minimum Gasteiger partial charge on any atom is -0.409 e. The van der Waals surface area contributed by atoms with Gasteiger partial charge in [-0.3, -0.25) is 0 Å². The number of nitrogens with zero attached hydrogens (tertiary/aromatic N) is 2. The highest BCUT2D eigenvalue weighted by Gasteiger charge is 2.08. The Hall–Kier alpha value is -2.01. The molecule has 0 aliphatic rings. The number of benzene rings is 1. The highest BCUT2D eigenvalue weighted by Crippen LogP contribution is 2.16. The summed E-state index contributed by atoms with van der Waals surface area (Å²) in [5.74, 6) is 0.266. The largest absolute Gasteiger partial charge is 0.409 e. The fourth-order valence-electron chi connectivity index (χ4n) is 2.01. The number of hydrogen-bond acceptors (Lipinski definition) is 4. The second-order valence-electron chi connectivity index (χ2n) is 4.49. The summed E-state index contributed by atoms with van der Waals surface area (Å²) in [5, 5.41) is 13.8. The van der Waals surface area contributed by atoms with Crippen molar-refractivity contribution in [3.8, 4) is 0 Å². The van der Waals surface area contributed by atoms with Gasteiger partial charge in [0.2, 0.25) is 0 Å². The summed E-state index contributed by atoms with van der Waals surface area (Å²) in [6, 6.07) is 14.4. The molecule has 0 saturated heterocycles. The lowest BCUT2D eigenvalue weighted by atomic mass is 10.2. The van der Waals surface area contributed by atoms with Crippen LogP contribution in [0.25, 0.3) is 0 Å². The Balaban J connectivity index is 2.00. The van der Waals surface area contributed by atoms with E-state index < -0.39 is 0 Å². The Labute approximate surface area is 123 Å². The first kappa shape index (κ1) is 14.4. The number of amidine groups is 1. The second kappa shape index (κ2) is 7.55. The van der Waals surface area contributed by atoms with Gasteiger partial charge in [0, 0.05) is 30.1 Å². The quantitative estimate of drug-likeness (QED) is 0.356. The molecule has 2 aromatic rings. The summed E-state index contributed by atoms with van der Waals surface area (Å²) in [4.78, 5) is 3.63. The zero-order valence-corrected chi connectivity index (χ0v) is 12.1. The molecule has 5 heteroatoms. The first-order chi connectivity index (χ1) is 9.79. The number of para-hydroxylation sites is 1. The van der Waals surface area contributed by atoms with Gasteiger partial charge in [-0.2, -0.15) is 0 Å². The van der Waals surface area contributed by atoms with E-state index in [2.05, 4.69) is 39.7 Å². The molecule has 0 aliphatic heterocycles. The summed E-state index contributed by atoms with van der Waals surface area (Å²) in [7, 11) is 0. The Bertz CT molecular complexity index is 525. The SMILES string of the molecule is NC(CCN(CCc1cccs1)c1ccccc1)=NO. The van der Waals surface area contributed by atoms with E-state index in [-0.39, 0.29) is 5.84 Å². The fraction of sp³-hybridized carbons (Fsp3) is 0.267. The first-order valence-electron chi connectivity index (χ1n) is 6.58. The Morgan fingerprint density at radius 1 is 1.15 bits per heavy atom. The summed E-state index contributed by atoms with van der Waals surface area (Å²) in [5.41, 5.74) is 6.73. The maximum absolute atomic E-state index is 8.64. The number of anilines is 1. The molecule has 0 unspecified atom stereocenters. The number of hydrogen-bond donors (Lipinski definition) is 2. The molecule has 20 heavy (non-hydrogen) atoms. The minimum absolute atomic E-state index is 0.266. The predicted molar refractivity (Wildman–Crippen MR) is 84.7 cm³/mol. The van der Waals surface area contributed by atoms with Gasteiger partial charge < -0.3 is 15.8 Å². The molecule has 3 N–H and O–H groups in total. The molecule has 1 heterocycles. The van der Waals surface area contributed by atoms with E-state index in [4.69, 9.17) is 10.9 Å². The molecule has 0 spiro atoms. The van der Waals surface area contributed by atoms with Crippen LogP contribution < -0.4 is 10.6 Å². The topological polar surface area (TPSA) is 61.8 Å². The normalized spacial score (nSPS) is 11.5. The molecule has 1 aromatic heterocycles. The molecule has 0 bridgehead atoms. The Kier molecular flexibility index (Phi) is 5.43. The lowest BCUT2D eigenvalue weighted by Gasteiger charge is -2.24. The maximum atomic E-state index is 8.64. The van der Waals surface area contributed by atoms with Crippen LogP contribution in [0.1, 0.15) is 11.3 Å². The highest BCUT2D eigenvalue weighted by atomic mass is 32.1. The Morgan fingerprint density at radius 3 is 2.60 bits per heavy atom. The average molecular weight is 289 g/mol. The van der Waals surface area contributed by atoms with Crippen LogP contribution in [0.2, 0.25) is 0 Å². The van der Waals surface area contributed by atoms with Crippen LogP contribution in [-0.2, 0) is 6.42 Å². The van der Waals surface area contributed by atoms with Crippen LogP contribution in [0.15, 0.2) is 53.0 Å². The third kappa shape index (κ3) is 4.28. The number of oxime groups is 1. The van der Waals surface area contributed by atoms with Crippen LogP contribution in [0.3, 0.4) is 0 Å². The third-order valence-corrected chi connectivity index (χ3v) is 4.03. The molecular formula is C15H19N3OS. The van der Waals surface area contributed by atoms with E-state index in [1.807, 2.05) is 18.2 Å². The van der Waals surface area contributed by atoms with Crippen molar-refractivity contribution in [2.24, 2.45) is 10.9 Å². The molecule has 0 radical (unpaired) electrons. The molecule has 1 aromatic carbocycles. The van der Waals surface area contributed by atoms with Crippen molar-refractivity contribution >= 4 is 22.9 Å². The van der Waals surface area contributed by atoms with Gasteiger partial charge in [-0.1, -0.05) is 29.4 Å². The molecular weight excluding hydrogens is 270 g/mol. The zero-order chi connectivity index (χ0) is 14.2. The monoisotopic (exact) mass is 289 g/mol. The van der Waals surface area contributed by atoms with Gasteiger partial charge in [0.05, 0.1) is 0 Å². The van der Waals surface area contributed by atoms with Crippen molar-refractivity contribution in [2.45, 2.75) is 12.8 Å². The van der Waals surface area contributed by atoms with Crippen molar-refractivity contribution in [2.75, 3.05) is 18.0 Å². The van der Waals surface area contributed by atoms with Crippen molar-refractivity contribution in [3.05, 3.63) is 52.7 Å². The Morgan fingerprint density at radius 2 is 1.95 bits per heavy atom. The van der Waals surface area contributed by atoms with Crippen LogP contribution in [0.5, 0.6) is 0 Å². The molecule has 0 fully saturated rings. The molecule has 106 valence electrons. The van der Waals surface area contributed by atoms with Crippen LogP contribution in [0, 0.1) is 0 Å².